The summed E-state index contributed by atoms with van der Waals surface area (Å²) in [5.74, 6) is 1.03. The molecule has 0 aliphatic carbocycles. The lowest BCUT2D eigenvalue weighted by Crippen LogP contribution is -2.14. The molecule has 0 saturated heterocycles. The number of fused-ring (bicyclic) bond motifs is 2. The molecule has 32 heavy (non-hydrogen) atoms. The van der Waals surface area contributed by atoms with Gasteiger partial charge in [-0.1, -0.05) is 29.8 Å². The number of carbonyl (C=O) groups is 1. The number of benzene rings is 3. The highest BCUT2D eigenvalue weighted by atomic mass is 35.5. The van der Waals surface area contributed by atoms with Crippen LogP contribution in [0.25, 0.3) is 6.08 Å². The summed E-state index contributed by atoms with van der Waals surface area (Å²) in [4.78, 5) is 12.8. The van der Waals surface area contributed by atoms with E-state index in [2.05, 4.69) is 0 Å². The van der Waals surface area contributed by atoms with Gasteiger partial charge in [-0.05, 0) is 43.3 Å². The summed E-state index contributed by atoms with van der Waals surface area (Å²) in [6, 6.07) is 13.2. The molecule has 2 heterocycles. The zero-order chi connectivity index (χ0) is 22.2. The molecule has 0 unspecified atom stereocenters. The van der Waals surface area contributed by atoms with Crippen LogP contribution in [0.2, 0.25) is 5.02 Å². The van der Waals surface area contributed by atoms with Crippen molar-refractivity contribution in [2.45, 2.75) is 20.1 Å². The Morgan fingerprint density at radius 2 is 2.00 bits per heavy atom. The molecule has 0 aromatic heterocycles. The molecule has 7 heteroatoms. The predicted molar refractivity (Wildman–Crippen MR) is 117 cm³/mol. The van der Waals surface area contributed by atoms with Gasteiger partial charge in [0, 0.05) is 27.3 Å². The van der Waals surface area contributed by atoms with E-state index < -0.39 is 5.82 Å². The lowest BCUT2D eigenvalue weighted by Gasteiger charge is -2.21. The monoisotopic (exact) mass is 452 g/mol. The zero-order valence-corrected chi connectivity index (χ0v) is 17.9. The largest absolute Gasteiger partial charge is 0.488 e. The molecule has 2 aliphatic rings. The lowest BCUT2D eigenvalue weighted by molar-refractivity contribution is -0.0175. The van der Waals surface area contributed by atoms with Gasteiger partial charge in [0.25, 0.3) is 0 Å². The van der Waals surface area contributed by atoms with Gasteiger partial charge >= 0.3 is 0 Å². The summed E-state index contributed by atoms with van der Waals surface area (Å²) >= 11 is 6.22. The highest BCUT2D eigenvalue weighted by molar-refractivity contribution is 6.30. The molecule has 0 fully saturated rings. The molecule has 3 aromatic carbocycles. The Hall–Kier alpha value is -3.35. The SMILES string of the molecule is Cc1c(OCc2cc(Cl)cc3c2OCOC3)ccc2c1O/C(=C\c1ccccc1F)C2=O. The van der Waals surface area contributed by atoms with Crippen LogP contribution in [0, 0.1) is 12.7 Å². The number of ketones is 1. The number of halogens is 2. The molecule has 2 aliphatic heterocycles. The number of Topliss-reactive ketones (excluding diaryl/α,β-unsaturated/α-hetero) is 1. The van der Waals surface area contributed by atoms with Gasteiger partial charge in [-0.25, -0.2) is 4.39 Å². The Morgan fingerprint density at radius 1 is 1.16 bits per heavy atom. The van der Waals surface area contributed by atoms with Crippen LogP contribution >= 0.6 is 11.6 Å². The highest BCUT2D eigenvalue weighted by Crippen LogP contribution is 2.40. The van der Waals surface area contributed by atoms with E-state index in [1.807, 2.05) is 13.0 Å². The first-order chi connectivity index (χ1) is 15.5. The van der Waals surface area contributed by atoms with Crippen molar-refractivity contribution in [2.75, 3.05) is 6.79 Å². The van der Waals surface area contributed by atoms with Gasteiger partial charge in [0.05, 0.1) is 12.2 Å². The zero-order valence-electron chi connectivity index (χ0n) is 17.1. The number of hydrogen-bond donors (Lipinski definition) is 0. The van der Waals surface area contributed by atoms with Crippen LogP contribution in [0.5, 0.6) is 17.2 Å². The molecule has 0 N–H and O–H groups in total. The molecule has 0 bridgehead atoms. The highest BCUT2D eigenvalue weighted by Gasteiger charge is 2.30. The Bertz CT molecular complexity index is 1270. The van der Waals surface area contributed by atoms with Crippen molar-refractivity contribution in [3.05, 3.63) is 92.9 Å². The van der Waals surface area contributed by atoms with Crippen molar-refractivity contribution in [1.29, 1.82) is 0 Å². The van der Waals surface area contributed by atoms with Gasteiger partial charge in [0.2, 0.25) is 5.78 Å². The minimum atomic E-state index is -0.425. The fourth-order valence-corrected chi connectivity index (χ4v) is 4.04. The summed E-state index contributed by atoms with van der Waals surface area (Å²) in [7, 11) is 0. The number of carbonyl (C=O) groups excluding carboxylic acids is 1. The molecule has 5 rings (SSSR count). The predicted octanol–water partition coefficient (Wildman–Crippen LogP) is 5.85. The van der Waals surface area contributed by atoms with Gasteiger partial charge in [-0.3, -0.25) is 4.79 Å². The molecular formula is C25H18ClFO5. The first kappa shape index (κ1) is 20.5. The van der Waals surface area contributed by atoms with Crippen LogP contribution in [0.4, 0.5) is 4.39 Å². The maximum absolute atomic E-state index is 14.0. The van der Waals surface area contributed by atoms with E-state index in [9.17, 15) is 9.18 Å². The van der Waals surface area contributed by atoms with Crippen molar-refractivity contribution in [1.82, 2.24) is 0 Å². The molecule has 0 radical (unpaired) electrons. The molecule has 0 amide bonds. The van der Waals surface area contributed by atoms with Crippen molar-refractivity contribution in [2.24, 2.45) is 0 Å². The van der Waals surface area contributed by atoms with Gasteiger partial charge < -0.3 is 18.9 Å². The first-order valence-electron chi connectivity index (χ1n) is 9.98. The maximum Gasteiger partial charge on any atom is 0.231 e. The van der Waals surface area contributed by atoms with Crippen molar-refractivity contribution >= 4 is 23.5 Å². The van der Waals surface area contributed by atoms with Gasteiger partial charge in [-0.2, -0.15) is 0 Å². The van der Waals surface area contributed by atoms with Crippen LogP contribution in [0.3, 0.4) is 0 Å². The molecule has 162 valence electrons. The standard InChI is InChI=1S/C25H18ClFO5/c1-14-21(30-12-17-9-18(26)8-16-11-29-13-31-25(16)17)7-6-19-23(28)22(32-24(14)19)10-15-4-2-3-5-20(15)27/h2-10H,11-13H2,1H3/b22-10-. The molecule has 0 saturated carbocycles. The number of hydrogen-bond acceptors (Lipinski definition) is 5. The fourth-order valence-electron chi connectivity index (χ4n) is 3.78. The third kappa shape index (κ3) is 3.72. The summed E-state index contributed by atoms with van der Waals surface area (Å²) < 4.78 is 36.8. The number of ether oxygens (including phenoxy) is 4. The van der Waals surface area contributed by atoms with Crippen molar-refractivity contribution < 1.29 is 28.1 Å². The first-order valence-corrected chi connectivity index (χ1v) is 10.4. The van der Waals surface area contributed by atoms with E-state index in [1.165, 1.54) is 12.1 Å². The smallest absolute Gasteiger partial charge is 0.231 e. The average molecular weight is 453 g/mol. The van der Waals surface area contributed by atoms with E-state index in [0.717, 1.165) is 11.1 Å². The molecule has 0 spiro atoms. The Labute approximate surface area is 188 Å². The molecular weight excluding hydrogens is 435 g/mol. The Kier molecular flexibility index (Phi) is 5.33. The minimum Gasteiger partial charge on any atom is -0.488 e. The van der Waals surface area contributed by atoms with Crippen molar-refractivity contribution in [3.63, 3.8) is 0 Å². The summed E-state index contributed by atoms with van der Waals surface area (Å²) in [6.07, 6.45) is 1.41. The van der Waals surface area contributed by atoms with Crippen LogP contribution in [0.1, 0.15) is 32.6 Å². The third-order valence-electron chi connectivity index (χ3n) is 5.36. The van der Waals surface area contributed by atoms with Gasteiger partial charge in [0.15, 0.2) is 12.6 Å². The lowest BCUT2D eigenvalue weighted by atomic mass is 10.1. The normalized spacial score (nSPS) is 15.7. The summed E-state index contributed by atoms with van der Waals surface area (Å²) in [5, 5.41) is 0.568. The molecule has 5 nitrogen and oxygen atoms in total. The second-order valence-corrected chi connectivity index (χ2v) is 7.92. The molecule has 0 atom stereocenters. The third-order valence-corrected chi connectivity index (χ3v) is 5.58. The van der Waals surface area contributed by atoms with E-state index in [1.54, 1.807) is 36.4 Å². The van der Waals surface area contributed by atoms with Crippen LogP contribution in [-0.4, -0.2) is 12.6 Å². The minimum absolute atomic E-state index is 0.0719. The quantitative estimate of drug-likeness (QED) is 0.465. The van der Waals surface area contributed by atoms with Crippen LogP contribution in [-0.2, 0) is 18.0 Å². The summed E-state index contributed by atoms with van der Waals surface area (Å²) in [5.41, 5.74) is 3.04. The average Bonchev–Trinajstić information content (AvgIpc) is 3.11. The van der Waals surface area contributed by atoms with Crippen LogP contribution in [0.15, 0.2) is 54.3 Å². The van der Waals surface area contributed by atoms with E-state index in [-0.39, 0.29) is 30.5 Å². The fraction of sp³-hybridized carbons (Fsp3) is 0.160. The Balaban J connectivity index is 1.40. The maximum atomic E-state index is 14.0. The van der Waals surface area contributed by atoms with Crippen LogP contribution < -0.4 is 14.2 Å². The summed E-state index contributed by atoms with van der Waals surface area (Å²) in [6.45, 7) is 2.63. The van der Waals surface area contributed by atoms with E-state index >= 15 is 0 Å². The van der Waals surface area contributed by atoms with Crippen molar-refractivity contribution in [3.8, 4) is 17.2 Å². The van der Waals surface area contributed by atoms with Gasteiger partial charge in [-0.15, -0.1) is 0 Å². The number of allylic oxidation sites excluding steroid dienone is 1. The van der Waals surface area contributed by atoms with E-state index in [4.69, 9.17) is 30.5 Å². The Morgan fingerprint density at radius 3 is 2.84 bits per heavy atom. The number of rotatable bonds is 4. The van der Waals surface area contributed by atoms with E-state index in [0.29, 0.717) is 40.0 Å². The molecule has 3 aromatic rings. The second kappa shape index (κ2) is 8.30. The second-order valence-electron chi connectivity index (χ2n) is 7.48. The topological polar surface area (TPSA) is 54.0 Å². The van der Waals surface area contributed by atoms with Gasteiger partial charge in [0.1, 0.15) is 29.7 Å².